The van der Waals surface area contributed by atoms with E-state index in [0.29, 0.717) is 0 Å². The van der Waals surface area contributed by atoms with Crippen LogP contribution in [0.25, 0.3) is 11.6 Å². The van der Waals surface area contributed by atoms with Gasteiger partial charge in [-0.05, 0) is 78.0 Å². The van der Waals surface area contributed by atoms with Crippen molar-refractivity contribution in [3.05, 3.63) is 157 Å². The Balaban J connectivity index is 0.000000937. The van der Waals surface area contributed by atoms with Crippen LogP contribution in [0.3, 0.4) is 0 Å². The van der Waals surface area contributed by atoms with Crippen LogP contribution in [0.1, 0.15) is 42.5 Å². The van der Waals surface area contributed by atoms with Crippen molar-refractivity contribution in [3.63, 3.8) is 0 Å². The van der Waals surface area contributed by atoms with Crippen LogP contribution < -0.4 is 10.2 Å². The van der Waals surface area contributed by atoms with Gasteiger partial charge >= 0.3 is 0 Å². The Hall–Kier alpha value is -4.63. The van der Waals surface area contributed by atoms with Gasteiger partial charge in [0.25, 0.3) is 0 Å². The number of fused-ring (bicyclic) bond motifs is 2. The monoisotopic (exact) mass is 495 g/mol. The van der Waals surface area contributed by atoms with Crippen LogP contribution in [0.4, 0.5) is 17.2 Å². The third-order valence-electron chi connectivity index (χ3n) is 6.94. The van der Waals surface area contributed by atoms with Gasteiger partial charge in [-0.15, -0.1) is 6.58 Å². The average molecular weight is 496 g/mol. The van der Waals surface area contributed by atoms with Gasteiger partial charge in [0.2, 0.25) is 0 Å². The number of anilines is 3. The highest BCUT2D eigenvalue weighted by molar-refractivity contribution is 5.93. The molecule has 3 aliphatic rings. The number of aromatic nitrogens is 1. The maximum absolute atomic E-state index is 4.87. The van der Waals surface area contributed by atoms with Crippen LogP contribution in [0.5, 0.6) is 0 Å². The van der Waals surface area contributed by atoms with E-state index < -0.39 is 0 Å². The molecule has 0 bridgehead atoms. The van der Waals surface area contributed by atoms with Crippen molar-refractivity contribution < 1.29 is 0 Å². The lowest BCUT2D eigenvalue weighted by atomic mass is 9.90. The minimum absolute atomic E-state index is 0.0785. The zero-order chi connectivity index (χ0) is 26.5. The van der Waals surface area contributed by atoms with Crippen molar-refractivity contribution >= 4 is 28.8 Å². The SMILES string of the molecule is C=CC.C=CC1=C(C=C)c2ccccc2N(c2cc(C3C=Cc4ccccc4N3)ccn2)C2=C1CCC=C2. The molecule has 3 nitrogen and oxygen atoms in total. The van der Waals surface area contributed by atoms with Gasteiger partial charge in [-0.2, -0.15) is 0 Å². The normalized spacial score (nSPS) is 17.2. The van der Waals surface area contributed by atoms with Gasteiger partial charge in [0.1, 0.15) is 5.82 Å². The number of nitrogens with one attached hydrogen (secondary N) is 1. The van der Waals surface area contributed by atoms with E-state index in [1.165, 1.54) is 16.7 Å². The molecule has 0 radical (unpaired) electrons. The lowest BCUT2D eigenvalue weighted by Gasteiger charge is -2.30. The van der Waals surface area contributed by atoms with Crippen molar-refractivity contribution in [1.29, 1.82) is 0 Å². The molecule has 38 heavy (non-hydrogen) atoms. The van der Waals surface area contributed by atoms with E-state index in [4.69, 9.17) is 4.98 Å². The van der Waals surface area contributed by atoms with Crippen molar-refractivity contribution in [2.45, 2.75) is 25.8 Å². The predicted octanol–water partition coefficient (Wildman–Crippen LogP) is 9.34. The number of hydrogen-bond donors (Lipinski definition) is 1. The van der Waals surface area contributed by atoms with E-state index in [1.54, 1.807) is 6.08 Å². The van der Waals surface area contributed by atoms with Gasteiger partial charge in [-0.3, -0.25) is 4.90 Å². The van der Waals surface area contributed by atoms with Crippen molar-refractivity contribution in [2.75, 3.05) is 10.2 Å². The van der Waals surface area contributed by atoms with Crippen LogP contribution in [0.15, 0.2) is 140 Å². The fourth-order valence-corrected chi connectivity index (χ4v) is 5.30. The Labute approximate surface area is 226 Å². The van der Waals surface area contributed by atoms with Gasteiger partial charge in [0, 0.05) is 17.4 Å². The summed E-state index contributed by atoms with van der Waals surface area (Å²) < 4.78 is 0. The average Bonchev–Trinajstić information content (AvgIpc) is 3.09. The second-order valence-corrected chi connectivity index (χ2v) is 9.32. The molecule has 2 aliphatic heterocycles. The molecular formula is C35H33N3. The molecule has 1 unspecified atom stereocenters. The molecule has 188 valence electrons. The highest BCUT2D eigenvalue weighted by Crippen LogP contribution is 2.45. The molecule has 1 aromatic heterocycles. The molecular weight excluding hydrogens is 462 g/mol. The molecule has 3 heteroatoms. The molecule has 0 saturated heterocycles. The first-order valence-electron chi connectivity index (χ1n) is 13.1. The quantitative estimate of drug-likeness (QED) is 0.365. The van der Waals surface area contributed by atoms with E-state index in [-0.39, 0.29) is 6.04 Å². The van der Waals surface area contributed by atoms with Gasteiger partial charge in [-0.25, -0.2) is 4.98 Å². The first kappa shape index (κ1) is 25.0. The van der Waals surface area contributed by atoms with Gasteiger partial charge in [0.15, 0.2) is 0 Å². The Kier molecular flexibility index (Phi) is 7.37. The fraction of sp³-hybridized carbons (Fsp3) is 0.114. The summed E-state index contributed by atoms with van der Waals surface area (Å²) in [7, 11) is 0. The first-order valence-corrected chi connectivity index (χ1v) is 13.1. The van der Waals surface area contributed by atoms with Crippen LogP contribution in [0, 0.1) is 0 Å². The molecule has 3 aromatic rings. The Morgan fingerprint density at radius 1 is 0.947 bits per heavy atom. The Bertz CT molecular complexity index is 1520. The molecule has 0 saturated carbocycles. The largest absolute Gasteiger partial charge is 0.374 e. The zero-order valence-corrected chi connectivity index (χ0v) is 21.9. The summed E-state index contributed by atoms with van der Waals surface area (Å²) in [6, 6.07) is 21.3. The van der Waals surface area contributed by atoms with Gasteiger partial charge < -0.3 is 5.32 Å². The lowest BCUT2D eigenvalue weighted by molar-refractivity contribution is 0.933. The summed E-state index contributed by atoms with van der Waals surface area (Å²) in [5.74, 6) is 0.900. The molecule has 1 atom stereocenters. The van der Waals surface area contributed by atoms with Crippen molar-refractivity contribution in [2.24, 2.45) is 0 Å². The number of hydrogen-bond acceptors (Lipinski definition) is 3. The smallest absolute Gasteiger partial charge is 0.137 e. The molecule has 1 aliphatic carbocycles. The highest BCUT2D eigenvalue weighted by Gasteiger charge is 2.28. The topological polar surface area (TPSA) is 28.2 Å². The van der Waals surface area contributed by atoms with E-state index in [0.717, 1.165) is 52.4 Å². The third kappa shape index (κ3) is 4.59. The molecule has 0 fully saturated rings. The van der Waals surface area contributed by atoms with Crippen LogP contribution >= 0.6 is 0 Å². The summed E-state index contributed by atoms with van der Waals surface area (Å²) in [6.45, 7) is 13.6. The molecule has 3 heterocycles. The van der Waals surface area contributed by atoms with Crippen LogP contribution in [-0.2, 0) is 0 Å². The molecule has 0 spiro atoms. The summed E-state index contributed by atoms with van der Waals surface area (Å²) in [5, 5.41) is 3.67. The third-order valence-corrected chi connectivity index (χ3v) is 6.94. The number of benzene rings is 2. The minimum atomic E-state index is 0.0785. The van der Waals surface area contributed by atoms with E-state index in [2.05, 4.69) is 115 Å². The molecule has 6 rings (SSSR count). The lowest BCUT2D eigenvalue weighted by Crippen LogP contribution is -2.20. The second-order valence-electron chi connectivity index (χ2n) is 9.32. The summed E-state index contributed by atoms with van der Waals surface area (Å²) in [5.41, 5.74) is 10.5. The van der Waals surface area contributed by atoms with E-state index in [1.807, 2.05) is 25.3 Å². The highest BCUT2D eigenvalue weighted by atomic mass is 15.2. The first-order chi connectivity index (χ1) is 18.7. The number of para-hydroxylation sites is 2. The molecule has 0 amide bonds. The number of nitrogens with zero attached hydrogens (tertiary/aromatic N) is 2. The Morgan fingerprint density at radius 3 is 2.53 bits per heavy atom. The van der Waals surface area contributed by atoms with E-state index in [9.17, 15) is 0 Å². The van der Waals surface area contributed by atoms with Crippen LogP contribution in [-0.4, -0.2) is 4.98 Å². The number of pyridine rings is 1. The van der Waals surface area contributed by atoms with Crippen molar-refractivity contribution in [3.8, 4) is 0 Å². The minimum Gasteiger partial charge on any atom is -0.374 e. The predicted molar refractivity (Wildman–Crippen MR) is 163 cm³/mol. The number of allylic oxidation sites excluding steroid dienone is 8. The maximum atomic E-state index is 4.87. The second kappa shape index (κ2) is 11.2. The molecule has 1 N–H and O–H groups in total. The number of rotatable bonds is 4. The summed E-state index contributed by atoms with van der Waals surface area (Å²) >= 11 is 0. The van der Waals surface area contributed by atoms with E-state index >= 15 is 0 Å². The van der Waals surface area contributed by atoms with Gasteiger partial charge in [0.05, 0.1) is 17.4 Å². The van der Waals surface area contributed by atoms with Crippen LogP contribution in [0.2, 0.25) is 0 Å². The Morgan fingerprint density at radius 2 is 1.71 bits per heavy atom. The maximum Gasteiger partial charge on any atom is 0.137 e. The molecule has 2 aromatic carbocycles. The summed E-state index contributed by atoms with van der Waals surface area (Å²) in [4.78, 5) is 7.17. The summed E-state index contributed by atoms with van der Waals surface area (Å²) in [6.07, 6.45) is 18.5. The van der Waals surface area contributed by atoms with Gasteiger partial charge in [-0.1, -0.05) is 86.0 Å². The standard InChI is InChI=1S/C32H27N3.C3H6/c1-3-24-25(4-2)27-13-7-10-16-31(27)35(30-15-9-6-12-26(24)30)32-21-23(19-20-33-32)29-18-17-22-11-5-8-14-28(22)34-29;1-3-2/h3-6,8-12,14-21,29,34H,1-2,7,13H2;3H,1H2,2H3. The zero-order valence-electron chi connectivity index (χ0n) is 21.9. The van der Waals surface area contributed by atoms with Crippen molar-refractivity contribution in [1.82, 2.24) is 4.98 Å². The fourth-order valence-electron chi connectivity index (χ4n) is 5.30.